The minimum atomic E-state index is -0.107. The van der Waals surface area contributed by atoms with Crippen LogP contribution in [0.25, 0.3) is 22.3 Å². The first kappa shape index (κ1) is 18.9. The number of nitrogens with one attached hydrogen (secondary N) is 2. The fourth-order valence-corrected chi connectivity index (χ4v) is 4.60. The maximum Gasteiger partial charge on any atom is 0.254 e. The van der Waals surface area contributed by atoms with Crippen molar-refractivity contribution in [1.29, 1.82) is 0 Å². The van der Waals surface area contributed by atoms with E-state index in [4.69, 9.17) is 9.72 Å². The van der Waals surface area contributed by atoms with Gasteiger partial charge >= 0.3 is 0 Å². The van der Waals surface area contributed by atoms with E-state index >= 15 is 0 Å². The molecule has 0 spiro atoms. The van der Waals surface area contributed by atoms with Crippen molar-refractivity contribution in [2.45, 2.75) is 18.9 Å². The Morgan fingerprint density at radius 3 is 2.91 bits per heavy atom. The fraction of sp³-hybridized carbons (Fsp3) is 0.250. The van der Waals surface area contributed by atoms with Crippen LogP contribution in [0.1, 0.15) is 33.8 Å². The van der Waals surface area contributed by atoms with Crippen LogP contribution >= 0.6 is 0 Å². The van der Waals surface area contributed by atoms with E-state index in [1.807, 2.05) is 42.2 Å². The molecule has 8 heteroatoms. The summed E-state index contributed by atoms with van der Waals surface area (Å²) in [6.07, 6.45) is 8.38. The van der Waals surface area contributed by atoms with Crippen molar-refractivity contribution in [1.82, 2.24) is 24.8 Å². The normalized spacial score (nSPS) is 17.5. The first-order chi connectivity index (χ1) is 15.7. The van der Waals surface area contributed by atoms with Crippen LogP contribution in [-0.2, 0) is 18.3 Å². The van der Waals surface area contributed by atoms with Gasteiger partial charge in [0.2, 0.25) is 0 Å². The number of carbonyl (C=O) groups is 1. The maximum absolute atomic E-state index is 12.7. The van der Waals surface area contributed by atoms with Gasteiger partial charge in [-0.1, -0.05) is 6.07 Å². The molecule has 4 aromatic rings. The lowest BCUT2D eigenvalue weighted by Gasteiger charge is -2.14. The number of hydrogen-bond donors (Lipinski definition) is 2. The number of hydrogen-bond acceptors (Lipinski definition) is 6. The molecule has 6 heterocycles. The van der Waals surface area contributed by atoms with Crippen LogP contribution in [0.5, 0.6) is 0 Å². The van der Waals surface area contributed by atoms with E-state index in [0.29, 0.717) is 29.5 Å². The molecule has 0 saturated carbocycles. The minimum Gasteiger partial charge on any atom is -0.381 e. The highest BCUT2D eigenvalue weighted by Gasteiger charge is 2.28. The zero-order valence-electron chi connectivity index (χ0n) is 17.6. The quantitative estimate of drug-likeness (QED) is 0.519. The molecular formula is C24H22N6O2. The minimum absolute atomic E-state index is 0.107. The predicted octanol–water partition coefficient (Wildman–Crippen LogP) is 3.52. The first-order valence-corrected chi connectivity index (χ1v) is 10.7. The number of aromatic nitrogens is 4. The lowest BCUT2D eigenvalue weighted by atomic mass is 10.00. The number of nitrogens with zero attached hydrogens (tertiary/aromatic N) is 4. The van der Waals surface area contributed by atoms with Crippen molar-refractivity contribution in [2.24, 2.45) is 7.05 Å². The summed E-state index contributed by atoms with van der Waals surface area (Å²) in [6, 6.07) is 7.99. The van der Waals surface area contributed by atoms with Crippen LogP contribution < -0.4 is 10.6 Å². The van der Waals surface area contributed by atoms with Crippen LogP contribution in [0.3, 0.4) is 0 Å². The third kappa shape index (κ3) is 3.03. The van der Waals surface area contributed by atoms with Crippen molar-refractivity contribution in [3.05, 3.63) is 65.7 Å². The Morgan fingerprint density at radius 1 is 1.16 bits per heavy atom. The highest BCUT2D eigenvalue weighted by Crippen LogP contribution is 2.36. The van der Waals surface area contributed by atoms with Crippen molar-refractivity contribution >= 4 is 28.4 Å². The Balaban J connectivity index is 1.37. The highest BCUT2D eigenvalue weighted by molar-refractivity contribution is 6.06. The number of ether oxygens (including phenoxy) is 1. The molecule has 1 atom stereocenters. The third-order valence-corrected chi connectivity index (χ3v) is 6.31. The number of fused-ring (bicyclic) bond motifs is 2. The Kier molecular flexibility index (Phi) is 4.39. The average Bonchev–Trinajstić information content (AvgIpc) is 3.56. The molecule has 1 unspecified atom stereocenters. The molecule has 2 N–H and O–H groups in total. The van der Waals surface area contributed by atoms with Gasteiger partial charge < -0.3 is 19.9 Å². The Labute approximate surface area is 184 Å². The largest absolute Gasteiger partial charge is 0.381 e. The molecule has 1 saturated heterocycles. The summed E-state index contributed by atoms with van der Waals surface area (Å²) >= 11 is 0. The van der Waals surface area contributed by atoms with Gasteiger partial charge in [-0.15, -0.1) is 0 Å². The van der Waals surface area contributed by atoms with Gasteiger partial charge in [0.1, 0.15) is 11.5 Å². The van der Waals surface area contributed by atoms with Crippen LogP contribution in [0, 0.1) is 0 Å². The molecule has 6 rings (SSSR count). The summed E-state index contributed by atoms with van der Waals surface area (Å²) in [5.41, 5.74) is 5.98. The predicted molar refractivity (Wildman–Crippen MR) is 121 cm³/mol. The molecule has 2 aliphatic heterocycles. The highest BCUT2D eigenvalue weighted by atomic mass is 16.5. The second-order valence-electron chi connectivity index (χ2n) is 8.24. The van der Waals surface area contributed by atoms with Gasteiger partial charge in [-0.2, -0.15) is 0 Å². The summed E-state index contributed by atoms with van der Waals surface area (Å²) < 4.78 is 7.45. The number of aryl methyl sites for hydroxylation is 1. The number of amides is 1. The molecule has 1 fully saturated rings. The number of rotatable bonds is 4. The Bertz CT molecular complexity index is 1340. The van der Waals surface area contributed by atoms with Crippen molar-refractivity contribution < 1.29 is 9.53 Å². The van der Waals surface area contributed by atoms with E-state index < -0.39 is 0 Å². The van der Waals surface area contributed by atoms with Crippen LogP contribution in [0.4, 0.5) is 11.5 Å². The van der Waals surface area contributed by atoms with Gasteiger partial charge in [0, 0.05) is 61.2 Å². The van der Waals surface area contributed by atoms with Gasteiger partial charge in [-0.3, -0.25) is 9.78 Å². The summed E-state index contributed by atoms with van der Waals surface area (Å²) in [4.78, 5) is 26.5. The summed E-state index contributed by atoms with van der Waals surface area (Å²) in [7, 11) is 1.97. The molecular weight excluding hydrogens is 404 g/mol. The summed E-state index contributed by atoms with van der Waals surface area (Å²) in [6.45, 7) is 1.99. The number of carbonyl (C=O) groups excluding carboxylic acids is 1. The molecule has 0 bridgehead atoms. The van der Waals surface area contributed by atoms with E-state index in [1.165, 1.54) is 5.56 Å². The molecule has 4 aromatic heterocycles. The van der Waals surface area contributed by atoms with E-state index in [-0.39, 0.29) is 5.91 Å². The average molecular weight is 426 g/mol. The monoisotopic (exact) mass is 426 g/mol. The first-order valence-electron chi connectivity index (χ1n) is 10.7. The summed E-state index contributed by atoms with van der Waals surface area (Å²) in [5, 5.41) is 7.25. The van der Waals surface area contributed by atoms with E-state index in [0.717, 1.165) is 47.5 Å². The topological polar surface area (TPSA) is 94.0 Å². The van der Waals surface area contributed by atoms with Gasteiger partial charge in [0.05, 0.1) is 29.7 Å². The molecule has 0 aliphatic carbocycles. The van der Waals surface area contributed by atoms with Gasteiger partial charge in [-0.05, 0) is 30.2 Å². The fourth-order valence-electron chi connectivity index (χ4n) is 4.60. The van der Waals surface area contributed by atoms with Crippen LogP contribution in [0.2, 0.25) is 0 Å². The molecule has 0 aromatic carbocycles. The maximum atomic E-state index is 12.7. The standard InChI is InChI=1S/C24H22N6O2/c1-30-8-5-17-16(4-7-25-23(17)30)22-18-11-28-24(31)21(18)19(12-27-22)29-20-3-2-14(10-26-20)15-6-9-32-13-15/h2-5,7-8,10,12,15H,6,9,11,13H2,1H3,(H,26,29)(H,28,31). The third-order valence-electron chi connectivity index (χ3n) is 6.31. The lowest BCUT2D eigenvalue weighted by molar-refractivity contribution is 0.0966. The molecule has 160 valence electrons. The molecule has 8 nitrogen and oxygen atoms in total. The second-order valence-corrected chi connectivity index (χ2v) is 8.24. The molecule has 0 radical (unpaired) electrons. The Morgan fingerprint density at radius 2 is 2.09 bits per heavy atom. The van der Waals surface area contributed by atoms with Crippen molar-refractivity contribution in [3.63, 3.8) is 0 Å². The molecule has 1 amide bonds. The number of anilines is 2. The number of pyridine rings is 3. The van der Waals surface area contributed by atoms with Crippen LogP contribution in [0.15, 0.2) is 49.1 Å². The van der Waals surface area contributed by atoms with Gasteiger partial charge in [-0.25, -0.2) is 9.97 Å². The summed E-state index contributed by atoms with van der Waals surface area (Å²) in [5.74, 6) is 0.977. The van der Waals surface area contributed by atoms with E-state index in [1.54, 1.807) is 12.4 Å². The smallest absolute Gasteiger partial charge is 0.254 e. The van der Waals surface area contributed by atoms with E-state index in [2.05, 4.69) is 26.7 Å². The SMILES string of the molecule is Cn1ccc2c(-c3ncc(Nc4ccc(C5CCOC5)cn4)c4c3CNC4=O)ccnc21. The van der Waals surface area contributed by atoms with E-state index in [9.17, 15) is 4.79 Å². The molecule has 2 aliphatic rings. The lowest BCUT2D eigenvalue weighted by Crippen LogP contribution is -2.13. The second kappa shape index (κ2) is 7.42. The van der Waals surface area contributed by atoms with Crippen molar-refractivity contribution in [2.75, 3.05) is 18.5 Å². The van der Waals surface area contributed by atoms with Crippen LogP contribution in [-0.4, -0.2) is 38.6 Å². The van der Waals surface area contributed by atoms with Crippen molar-refractivity contribution in [3.8, 4) is 11.3 Å². The zero-order valence-corrected chi connectivity index (χ0v) is 17.6. The van der Waals surface area contributed by atoms with Gasteiger partial charge in [0.15, 0.2) is 0 Å². The molecule has 32 heavy (non-hydrogen) atoms. The zero-order chi connectivity index (χ0) is 21.7. The van der Waals surface area contributed by atoms with Gasteiger partial charge in [0.25, 0.3) is 5.91 Å². The Hall–Kier alpha value is -3.78.